The zero-order chi connectivity index (χ0) is 18.1. The molecule has 0 aliphatic heterocycles. The number of methoxy groups -OCH3 is 1. The molecule has 0 spiro atoms. The monoisotopic (exact) mass is 366 g/mol. The highest BCUT2D eigenvalue weighted by atomic mass is 32.2. The zero-order valence-corrected chi connectivity index (χ0v) is 17.8. The molecule has 23 heavy (non-hydrogen) atoms. The van der Waals surface area contributed by atoms with Crippen molar-refractivity contribution in [1.29, 1.82) is 0 Å². The van der Waals surface area contributed by atoms with E-state index in [4.69, 9.17) is 4.74 Å². The lowest BCUT2D eigenvalue weighted by Gasteiger charge is -2.03. The maximum Gasteiger partial charge on any atom is 0.283 e. The summed E-state index contributed by atoms with van der Waals surface area (Å²) in [6, 6.07) is 9.68. The number of ether oxygens (including phenoxy) is 1. The van der Waals surface area contributed by atoms with Gasteiger partial charge in [-0.3, -0.25) is 0 Å². The van der Waals surface area contributed by atoms with Gasteiger partial charge in [0.05, 0.1) is 7.11 Å². The molecule has 0 amide bonds. The van der Waals surface area contributed by atoms with Gasteiger partial charge < -0.3 is 4.74 Å². The van der Waals surface area contributed by atoms with Crippen LogP contribution in [-0.2, 0) is 9.84 Å². The summed E-state index contributed by atoms with van der Waals surface area (Å²) in [6.07, 6.45) is 0. The summed E-state index contributed by atoms with van der Waals surface area (Å²) in [4.78, 5) is 0. The van der Waals surface area contributed by atoms with Crippen LogP contribution in [0.1, 0.15) is 0 Å². The van der Waals surface area contributed by atoms with Gasteiger partial charge in [0.1, 0.15) is 21.9 Å². The first kappa shape index (κ1) is 21.5. The summed E-state index contributed by atoms with van der Waals surface area (Å²) in [5.74, 6) is 0.910. The Morgan fingerprint density at radius 2 is 1.22 bits per heavy atom. The van der Waals surface area contributed by atoms with Crippen molar-refractivity contribution < 1.29 is 13.2 Å². The van der Waals surface area contributed by atoms with Crippen molar-refractivity contribution in [3.63, 3.8) is 0 Å². The van der Waals surface area contributed by atoms with Gasteiger partial charge in [0, 0.05) is 10.5 Å². The van der Waals surface area contributed by atoms with Gasteiger partial charge >= 0.3 is 0 Å². The molecular formula is C17H26O3SSi2. The van der Waals surface area contributed by atoms with Crippen molar-refractivity contribution in [2.45, 2.75) is 39.3 Å². The maximum atomic E-state index is 11.4. The van der Waals surface area contributed by atoms with Crippen molar-refractivity contribution in [1.82, 2.24) is 0 Å². The SMILES string of the molecule is COc1ccccc1.C[Si](C)(C)C#CS(=O)(=O)C#C[Si](C)(C)C. The third-order valence-electron chi connectivity index (χ3n) is 2.10. The second-order valence-electron chi connectivity index (χ2n) is 6.97. The smallest absolute Gasteiger partial charge is 0.283 e. The van der Waals surface area contributed by atoms with Crippen molar-refractivity contribution in [2.75, 3.05) is 7.11 Å². The summed E-state index contributed by atoms with van der Waals surface area (Å²) in [5.41, 5.74) is 5.62. The van der Waals surface area contributed by atoms with E-state index in [9.17, 15) is 8.42 Å². The van der Waals surface area contributed by atoms with E-state index in [0.29, 0.717) is 0 Å². The topological polar surface area (TPSA) is 43.4 Å². The first-order chi connectivity index (χ1) is 10.3. The Labute approximate surface area is 143 Å². The zero-order valence-electron chi connectivity index (χ0n) is 15.0. The van der Waals surface area contributed by atoms with Crippen molar-refractivity contribution in [2.24, 2.45) is 0 Å². The van der Waals surface area contributed by atoms with Crippen LogP contribution >= 0.6 is 0 Å². The molecule has 0 radical (unpaired) electrons. The van der Waals surface area contributed by atoms with Crippen LogP contribution < -0.4 is 4.74 Å². The van der Waals surface area contributed by atoms with Crippen molar-refractivity contribution in [3.05, 3.63) is 30.3 Å². The lowest BCUT2D eigenvalue weighted by atomic mass is 10.3. The molecule has 0 unspecified atom stereocenters. The van der Waals surface area contributed by atoms with Crippen LogP contribution in [0, 0.1) is 21.6 Å². The van der Waals surface area contributed by atoms with Gasteiger partial charge in [-0.1, -0.05) is 57.5 Å². The molecule has 0 heterocycles. The first-order valence-electron chi connectivity index (χ1n) is 7.26. The van der Waals surface area contributed by atoms with Gasteiger partial charge in [-0.25, -0.2) is 8.42 Å². The second-order valence-corrected chi connectivity index (χ2v) is 17.9. The number of sulfone groups is 1. The summed E-state index contributed by atoms with van der Waals surface area (Å²) in [5, 5.41) is 4.61. The van der Waals surface area contributed by atoms with Gasteiger partial charge in [0.2, 0.25) is 0 Å². The molecule has 0 aliphatic carbocycles. The molecule has 1 aromatic rings. The van der Waals surface area contributed by atoms with Gasteiger partial charge in [0.25, 0.3) is 9.84 Å². The Kier molecular flexibility index (Phi) is 8.40. The van der Waals surface area contributed by atoms with Gasteiger partial charge in [-0.05, 0) is 12.1 Å². The van der Waals surface area contributed by atoms with Gasteiger partial charge in [-0.15, -0.1) is 11.1 Å². The van der Waals surface area contributed by atoms with Crippen LogP contribution in [0.4, 0.5) is 0 Å². The lowest BCUT2D eigenvalue weighted by Crippen LogP contribution is -2.18. The number of hydrogen-bond acceptors (Lipinski definition) is 3. The third-order valence-corrected chi connectivity index (χ3v) is 4.95. The predicted octanol–water partition coefficient (Wildman–Crippen LogP) is 3.77. The molecule has 3 nitrogen and oxygen atoms in total. The normalized spacial score (nSPS) is 10.9. The van der Waals surface area contributed by atoms with Crippen molar-refractivity contribution >= 4 is 26.0 Å². The molecule has 0 atom stereocenters. The summed E-state index contributed by atoms with van der Waals surface area (Å²) < 4.78 is 27.8. The first-order valence-corrected chi connectivity index (χ1v) is 15.7. The summed E-state index contributed by atoms with van der Waals surface area (Å²) >= 11 is 0. The van der Waals surface area contributed by atoms with Crippen LogP contribution in [0.2, 0.25) is 39.3 Å². The number of hydrogen-bond donors (Lipinski definition) is 0. The molecule has 0 saturated heterocycles. The van der Waals surface area contributed by atoms with E-state index >= 15 is 0 Å². The fourth-order valence-corrected chi connectivity index (χ4v) is 4.60. The van der Waals surface area contributed by atoms with Crippen LogP contribution in [0.5, 0.6) is 5.75 Å². The molecule has 0 aliphatic rings. The molecule has 0 fully saturated rings. The highest BCUT2D eigenvalue weighted by molar-refractivity contribution is 8.00. The van der Waals surface area contributed by atoms with Crippen LogP contribution in [0.25, 0.3) is 0 Å². The molecule has 0 saturated carbocycles. The molecule has 1 aromatic carbocycles. The minimum atomic E-state index is -3.50. The van der Waals surface area contributed by atoms with E-state index in [2.05, 4.69) is 21.6 Å². The van der Waals surface area contributed by atoms with Crippen LogP contribution in [0.3, 0.4) is 0 Å². The summed E-state index contributed by atoms with van der Waals surface area (Å²) in [6.45, 7) is 12.0. The van der Waals surface area contributed by atoms with Crippen LogP contribution in [-0.4, -0.2) is 31.7 Å². The van der Waals surface area contributed by atoms with E-state index in [0.717, 1.165) is 5.75 Å². The average molecular weight is 367 g/mol. The molecular weight excluding hydrogens is 340 g/mol. The molecule has 0 aromatic heterocycles. The van der Waals surface area contributed by atoms with Gasteiger partial charge in [0.15, 0.2) is 0 Å². The van der Waals surface area contributed by atoms with E-state index < -0.39 is 26.0 Å². The highest BCUT2D eigenvalue weighted by Crippen LogP contribution is 2.05. The molecule has 0 bridgehead atoms. The Morgan fingerprint density at radius 3 is 1.48 bits per heavy atom. The van der Waals surface area contributed by atoms with Crippen LogP contribution in [0.15, 0.2) is 30.3 Å². The number of benzene rings is 1. The Hall–Kier alpha value is -1.48. The minimum absolute atomic E-state index is 0.910. The fraction of sp³-hybridized carbons (Fsp3) is 0.412. The Balaban J connectivity index is 0.000000502. The second kappa shape index (κ2) is 8.98. The quantitative estimate of drug-likeness (QED) is 0.561. The highest BCUT2D eigenvalue weighted by Gasteiger charge is 2.12. The van der Waals surface area contributed by atoms with E-state index in [1.54, 1.807) is 7.11 Å². The third kappa shape index (κ3) is 13.9. The largest absolute Gasteiger partial charge is 0.497 e. The van der Waals surface area contributed by atoms with E-state index in [-0.39, 0.29) is 0 Å². The van der Waals surface area contributed by atoms with Crippen molar-refractivity contribution in [3.8, 4) is 27.3 Å². The average Bonchev–Trinajstić information content (AvgIpc) is 2.44. The molecule has 0 N–H and O–H groups in total. The lowest BCUT2D eigenvalue weighted by molar-refractivity contribution is 0.415. The standard InChI is InChI=1S/C10H18O2SSi2.C7H8O/c1-14(2,3)9-7-13(11,12)8-10-15(4,5)6;1-8-7-5-3-2-4-6-7/h1-6H3;2-6H,1H3. The molecule has 1 rings (SSSR count). The fourth-order valence-electron chi connectivity index (χ4n) is 1.02. The summed E-state index contributed by atoms with van der Waals surface area (Å²) in [7, 11) is -5.12. The predicted molar refractivity (Wildman–Crippen MR) is 104 cm³/mol. The maximum absolute atomic E-state index is 11.4. The van der Waals surface area contributed by atoms with Gasteiger partial charge in [-0.2, -0.15) is 0 Å². The number of rotatable bonds is 1. The number of para-hydroxylation sites is 1. The Morgan fingerprint density at radius 1 is 0.826 bits per heavy atom. The Bertz CT molecular complexity index is 667. The molecule has 6 heteroatoms. The minimum Gasteiger partial charge on any atom is -0.497 e. The van der Waals surface area contributed by atoms with E-state index in [1.165, 1.54) is 0 Å². The molecule has 126 valence electrons. The van der Waals surface area contributed by atoms with E-state index in [1.807, 2.05) is 69.6 Å².